The standard InChI is InChI=1S/C20H21N7O/c1-13-22-18-16(11-21-26(18)2)19(23-13)27-10-6-9-15(12-27)20-24-17(25-28-20)14-7-4-3-5-8-14/h3-5,7-8,11,15H,6,9-10,12H2,1-2H3. The van der Waals surface area contributed by atoms with Gasteiger partial charge < -0.3 is 9.42 Å². The van der Waals surface area contributed by atoms with E-state index in [1.165, 1.54) is 0 Å². The summed E-state index contributed by atoms with van der Waals surface area (Å²) in [5.41, 5.74) is 1.82. The van der Waals surface area contributed by atoms with E-state index in [4.69, 9.17) is 9.51 Å². The van der Waals surface area contributed by atoms with Crippen LogP contribution >= 0.6 is 0 Å². The van der Waals surface area contributed by atoms with E-state index in [2.05, 4.69) is 25.1 Å². The maximum absolute atomic E-state index is 5.62. The molecule has 142 valence electrons. The number of hydrogen-bond donors (Lipinski definition) is 0. The molecule has 1 unspecified atom stereocenters. The Bertz CT molecular complexity index is 1120. The van der Waals surface area contributed by atoms with Crippen molar-refractivity contribution in [3.63, 3.8) is 0 Å². The molecule has 8 heteroatoms. The summed E-state index contributed by atoms with van der Waals surface area (Å²) in [6, 6.07) is 9.91. The van der Waals surface area contributed by atoms with Crippen LogP contribution in [0.1, 0.15) is 30.5 Å². The number of anilines is 1. The SMILES string of the molecule is Cc1nc(N2CCCC(c3nc(-c4ccccc4)no3)C2)c2cnn(C)c2n1. The van der Waals surface area contributed by atoms with E-state index in [0.717, 1.165) is 54.2 Å². The summed E-state index contributed by atoms with van der Waals surface area (Å²) in [5, 5.41) is 9.51. The minimum atomic E-state index is 0.181. The molecule has 1 aromatic carbocycles. The van der Waals surface area contributed by atoms with Gasteiger partial charge in [-0.15, -0.1) is 0 Å². The van der Waals surface area contributed by atoms with Crippen molar-refractivity contribution in [1.82, 2.24) is 29.9 Å². The van der Waals surface area contributed by atoms with Crippen molar-refractivity contribution < 1.29 is 4.52 Å². The third-order valence-electron chi connectivity index (χ3n) is 5.23. The maximum Gasteiger partial charge on any atom is 0.231 e. The third-order valence-corrected chi connectivity index (χ3v) is 5.23. The van der Waals surface area contributed by atoms with E-state index in [-0.39, 0.29) is 5.92 Å². The predicted octanol–water partition coefficient (Wildman–Crippen LogP) is 3.11. The van der Waals surface area contributed by atoms with Crippen molar-refractivity contribution in [3.05, 3.63) is 48.2 Å². The average Bonchev–Trinajstić information content (AvgIpc) is 3.36. The molecule has 0 bridgehead atoms. The molecule has 4 aromatic rings. The molecular weight excluding hydrogens is 354 g/mol. The van der Waals surface area contributed by atoms with Crippen molar-refractivity contribution in [2.45, 2.75) is 25.7 Å². The van der Waals surface area contributed by atoms with Gasteiger partial charge in [-0.1, -0.05) is 35.5 Å². The van der Waals surface area contributed by atoms with Crippen LogP contribution in [0.25, 0.3) is 22.4 Å². The highest BCUT2D eigenvalue weighted by atomic mass is 16.5. The van der Waals surface area contributed by atoms with Crippen molar-refractivity contribution in [2.24, 2.45) is 7.05 Å². The molecule has 0 saturated carbocycles. The fraction of sp³-hybridized carbons (Fsp3) is 0.350. The van der Waals surface area contributed by atoms with Crippen molar-refractivity contribution >= 4 is 16.9 Å². The van der Waals surface area contributed by atoms with Crippen molar-refractivity contribution in [3.8, 4) is 11.4 Å². The van der Waals surface area contributed by atoms with Gasteiger partial charge in [0.15, 0.2) is 5.65 Å². The van der Waals surface area contributed by atoms with Gasteiger partial charge in [0.2, 0.25) is 11.7 Å². The Morgan fingerprint density at radius 1 is 1.11 bits per heavy atom. The lowest BCUT2D eigenvalue weighted by Gasteiger charge is -2.32. The minimum absolute atomic E-state index is 0.181. The van der Waals surface area contributed by atoms with Crippen molar-refractivity contribution in [1.29, 1.82) is 0 Å². The van der Waals surface area contributed by atoms with Crippen LogP contribution in [0.2, 0.25) is 0 Å². The number of piperidine rings is 1. The molecule has 5 rings (SSSR count). The number of aromatic nitrogens is 6. The monoisotopic (exact) mass is 375 g/mol. The molecule has 0 spiro atoms. The molecular formula is C20H21N7O. The van der Waals surface area contributed by atoms with Crippen LogP contribution in [-0.4, -0.2) is 43.0 Å². The lowest BCUT2D eigenvalue weighted by Crippen LogP contribution is -2.35. The number of benzene rings is 1. The number of fused-ring (bicyclic) bond motifs is 1. The average molecular weight is 375 g/mol. The lowest BCUT2D eigenvalue weighted by atomic mass is 9.98. The second kappa shape index (κ2) is 6.70. The van der Waals surface area contributed by atoms with Crippen LogP contribution < -0.4 is 4.90 Å². The highest BCUT2D eigenvalue weighted by Gasteiger charge is 2.28. The van der Waals surface area contributed by atoms with Crippen LogP contribution in [0.3, 0.4) is 0 Å². The van der Waals surface area contributed by atoms with Gasteiger partial charge in [0.1, 0.15) is 11.6 Å². The molecule has 0 amide bonds. The maximum atomic E-state index is 5.62. The highest BCUT2D eigenvalue weighted by Crippen LogP contribution is 2.32. The molecule has 8 nitrogen and oxygen atoms in total. The molecule has 4 heterocycles. The third kappa shape index (κ3) is 2.90. The van der Waals surface area contributed by atoms with Gasteiger partial charge in [-0.3, -0.25) is 4.68 Å². The summed E-state index contributed by atoms with van der Waals surface area (Å²) >= 11 is 0. The Labute approximate surface area is 162 Å². The zero-order chi connectivity index (χ0) is 19.1. The quantitative estimate of drug-likeness (QED) is 0.544. The first-order valence-electron chi connectivity index (χ1n) is 9.49. The van der Waals surface area contributed by atoms with Gasteiger partial charge in [0.25, 0.3) is 0 Å². The van der Waals surface area contributed by atoms with Gasteiger partial charge in [0.05, 0.1) is 17.5 Å². The highest BCUT2D eigenvalue weighted by molar-refractivity contribution is 5.87. The summed E-state index contributed by atoms with van der Waals surface area (Å²) in [4.78, 5) is 16.2. The second-order valence-electron chi connectivity index (χ2n) is 7.21. The molecule has 1 aliphatic heterocycles. The van der Waals surface area contributed by atoms with Crippen LogP contribution in [0.4, 0.5) is 5.82 Å². The van der Waals surface area contributed by atoms with E-state index >= 15 is 0 Å². The smallest absolute Gasteiger partial charge is 0.231 e. The fourth-order valence-corrected chi connectivity index (χ4v) is 3.83. The number of nitrogens with zero attached hydrogens (tertiary/aromatic N) is 7. The van der Waals surface area contributed by atoms with E-state index in [1.54, 1.807) is 4.68 Å². The Morgan fingerprint density at radius 3 is 2.82 bits per heavy atom. The molecule has 0 N–H and O–H groups in total. The first-order valence-corrected chi connectivity index (χ1v) is 9.49. The second-order valence-corrected chi connectivity index (χ2v) is 7.21. The molecule has 3 aromatic heterocycles. The Morgan fingerprint density at radius 2 is 1.96 bits per heavy atom. The molecule has 1 atom stereocenters. The number of hydrogen-bond acceptors (Lipinski definition) is 7. The van der Waals surface area contributed by atoms with Gasteiger partial charge in [-0.25, -0.2) is 9.97 Å². The predicted molar refractivity (Wildman–Crippen MR) is 105 cm³/mol. The van der Waals surface area contributed by atoms with Gasteiger partial charge >= 0.3 is 0 Å². The van der Waals surface area contributed by atoms with Gasteiger partial charge in [-0.2, -0.15) is 10.1 Å². The summed E-state index contributed by atoms with van der Waals surface area (Å²) < 4.78 is 7.41. The van der Waals surface area contributed by atoms with Crippen LogP contribution in [-0.2, 0) is 7.05 Å². The summed E-state index contributed by atoms with van der Waals surface area (Å²) in [6.07, 6.45) is 3.90. The molecule has 1 aliphatic rings. The minimum Gasteiger partial charge on any atom is -0.355 e. The van der Waals surface area contributed by atoms with E-state index in [1.807, 2.05) is 50.5 Å². The topological polar surface area (TPSA) is 85.8 Å². The largest absolute Gasteiger partial charge is 0.355 e. The Kier molecular flexibility index (Phi) is 4.03. The first-order chi connectivity index (χ1) is 13.7. The normalized spacial score (nSPS) is 17.4. The molecule has 1 saturated heterocycles. The van der Waals surface area contributed by atoms with Crippen molar-refractivity contribution in [2.75, 3.05) is 18.0 Å². The lowest BCUT2D eigenvalue weighted by molar-refractivity contribution is 0.333. The number of aryl methyl sites for hydroxylation is 2. The zero-order valence-corrected chi connectivity index (χ0v) is 15.9. The first kappa shape index (κ1) is 16.9. The molecule has 1 fully saturated rings. The fourth-order valence-electron chi connectivity index (χ4n) is 3.83. The van der Waals surface area contributed by atoms with E-state index in [0.29, 0.717) is 11.7 Å². The molecule has 28 heavy (non-hydrogen) atoms. The van der Waals surface area contributed by atoms with Crippen LogP contribution in [0.15, 0.2) is 41.1 Å². The van der Waals surface area contributed by atoms with Gasteiger partial charge in [0, 0.05) is 25.7 Å². The Hall–Kier alpha value is -3.29. The van der Waals surface area contributed by atoms with Crippen LogP contribution in [0.5, 0.6) is 0 Å². The molecule has 0 aliphatic carbocycles. The van der Waals surface area contributed by atoms with Gasteiger partial charge in [-0.05, 0) is 19.8 Å². The van der Waals surface area contributed by atoms with Crippen LogP contribution in [0, 0.1) is 6.92 Å². The number of rotatable bonds is 3. The van der Waals surface area contributed by atoms with E-state index < -0.39 is 0 Å². The summed E-state index contributed by atoms with van der Waals surface area (Å²) in [6.45, 7) is 3.65. The Balaban J connectivity index is 1.44. The van der Waals surface area contributed by atoms with E-state index in [9.17, 15) is 0 Å². The zero-order valence-electron chi connectivity index (χ0n) is 15.9. The summed E-state index contributed by atoms with van der Waals surface area (Å²) in [7, 11) is 1.90. The molecule has 0 radical (unpaired) electrons. The summed E-state index contributed by atoms with van der Waals surface area (Å²) in [5.74, 6) is 3.19.